The normalized spacial score (nSPS) is 34.3. The molecule has 1 N–H and O–H groups in total. The van der Waals surface area contributed by atoms with Gasteiger partial charge in [0.1, 0.15) is 6.04 Å². The van der Waals surface area contributed by atoms with Gasteiger partial charge in [0.2, 0.25) is 0 Å². The molecule has 0 radical (unpaired) electrons. The van der Waals surface area contributed by atoms with Crippen LogP contribution in [0.15, 0.2) is 0 Å². The molecule has 5 heteroatoms. The smallest absolute Gasteiger partial charge is 0.321 e. The lowest BCUT2D eigenvalue weighted by atomic mass is 9.90. The summed E-state index contributed by atoms with van der Waals surface area (Å²) >= 11 is 0. The van der Waals surface area contributed by atoms with E-state index >= 15 is 0 Å². The van der Waals surface area contributed by atoms with Gasteiger partial charge in [0, 0.05) is 19.6 Å². The Balaban J connectivity index is 1.94. The Bertz CT molecular complexity index is 311. The van der Waals surface area contributed by atoms with Crippen LogP contribution in [0.4, 0.5) is 0 Å². The molecule has 0 amide bonds. The number of likely N-dealkylation sites (tertiary alicyclic amines) is 1. The first kappa shape index (κ1) is 14.8. The molecule has 0 aromatic rings. The minimum absolute atomic E-state index is 0.154. The van der Waals surface area contributed by atoms with Crippen LogP contribution in [0.1, 0.15) is 26.7 Å². The van der Waals surface area contributed by atoms with Crippen LogP contribution < -0.4 is 0 Å². The quantitative estimate of drug-likeness (QED) is 0.822. The molecule has 0 spiro atoms. The van der Waals surface area contributed by atoms with Gasteiger partial charge in [-0.05, 0) is 31.8 Å². The molecular weight excluding hydrogens is 244 g/mol. The molecule has 0 aliphatic carbocycles. The van der Waals surface area contributed by atoms with E-state index in [2.05, 4.69) is 16.7 Å². The Hall–Kier alpha value is -0.650. The van der Waals surface area contributed by atoms with E-state index in [0.717, 1.165) is 52.2 Å². The zero-order valence-electron chi connectivity index (χ0n) is 12.0. The first-order valence-corrected chi connectivity index (χ1v) is 7.42. The van der Waals surface area contributed by atoms with Crippen LogP contribution in [0.5, 0.6) is 0 Å². The molecule has 19 heavy (non-hydrogen) atoms. The molecule has 2 fully saturated rings. The second kappa shape index (κ2) is 6.68. The molecule has 3 atom stereocenters. The van der Waals surface area contributed by atoms with E-state index in [-0.39, 0.29) is 18.1 Å². The summed E-state index contributed by atoms with van der Waals surface area (Å²) in [5, 5.41) is 9.41. The number of carboxylic acid groups (broad SMARTS) is 1. The Morgan fingerprint density at radius 2 is 2.21 bits per heavy atom. The summed E-state index contributed by atoms with van der Waals surface area (Å²) in [6, 6.07) is -0.339. The number of piperidine rings is 1. The van der Waals surface area contributed by atoms with Gasteiger partial charge in [-0.2, -0.15) is 0 Å². The van der Waals surface area contributed by atoms with Gasteiger partial charge in [-0.25, -0.2) is 0 Å². The van der Waals surface area contributed by atoms with Crippen molar-refractivity contribution in [3.63, 3.8) is 0 Å². The molecule has 2 aliphatic rings. The number of ether oxygens (including phenoxy) is 1. The van der Waals surface area contributed by atoms with Gasteiger partial charge in [0.05, 0.1) is 12.7 Å². The third-order valence-electron chi connectivity index (χ3n) is 4.40. The fourth-order valence-electron chi connectivity index (χ4n) is 3.32. The molecule has 110 valence electrons. The van der Waals surface area contributed by atoms with Crippen molar-refractivity contribution in [1.82, 2.24) is 9.80 Å². The van der Waals surface area contributed by atoms with E-state index in [0.29, 0.717) is 0 Å². The SMILES string of the molecule is CCN1CCOC(CN2CCCC(C)C2C(=O)O)C1. The summed E-state index contributed by atoms with van der Waals surface area (Å²) in [5.41, 5.74) is 0. The number of rotatable bonds is 4. The van der Waals surface area contributed by atoms with E-state index in [9.17, 15) is 9.90 Å². The predicted octanol–water partition coefficient (Wildman–Crippen LogP) is 0.892. The van der Waals surface area contributed by atoms with Gasteiger partial charge in [-0.1, -0.05) is 13.8 Å². The number of hydrogen-bond donors (Lipinski definition) is 1. The molecule has 0 saturated carbocycles. The molecule has 0 aromatic carbocycles. The number of morpholine rings is 1. The maximum Gasteiger partial charge on any atom is 0.321 e. The number of likely N-dealkylation sites (N-methyl/N-ethyl adjacent to an activating group) is 1. The summed E-state index contributed by atoms with van der Waals surface area (Å²) in [6.45, 7) is 9.55. The Morgan fingerprint density at radius 1 is 1.42 bits per heavy atom. The highest BCUT2D eigenvalue weighted by Gasteiger charge is 2.36. The Morgan fingerprint density at radius 3 is 2.89 bits per heavy atom. The largest absolute Gasteiger partial charge is 0.480 e. The Labute approximate surface area is 115 Å². The predicted molar refractivity (Wildman–Crippen MR) is 73.2 cm³/mol. The van der Waals surface area contributed by atoms with Crippen molar-refractivity contribution in [2.45, 2.75) is 38.8 Å². The highest BCUT2D eigenvalue weighted by atomic mass is 16.5. The van der Waals surface area contributed by atoms with Crippen LogP contribution >= 0.6 is 0 Å². The summed E-state index contributed by atoms with van der Waals surface area (Å²) in [5.74, 6) is -0.451. The van der Waals surface area contributed by atoms with Crippen LogP contribution in [-0.2, 0) is 9.53 Å². The number of carboxylic acids is 1. The number of nitrogens with zero attached hydrogens (tertiary/aromatic N) is 2. The van der Waals surface area contributed by atoms with Crippen LogP contribution in [-0.4, -0.2) is 72.4 Å². The summed E-state index contributed by atoms with van der Waals surface area (Å²) in [6.07, 6.45) is 2.26. The molecular formula is C14H26N2O3. The molecule has 3 unspecified atom stereocenters. The van der Waals surface area contributed by atoms with Gasteiger partial charge >= 0.3 is 5.97 Å². The lowest BCUT2D eigenvalue weighted by Crippen LogP contribution is -2.54. The molecule has 5 nitrogen and oxygen atoms in total. The first-order valence-electron chi connectivity index (χ1n) is 7.42. The summed E-state index contributed by atoms with van der Waals surface area (Å²) in [7, 11) is 0. The highest BCUT2D eigenvalue weighted by Crippen LogP contribution is 2.24. The second-order valence-electron chi connectivity index (χ2n) is 5.78. The van der Waals surface area contributed by atoms with Gasteiger partial charge < -0.3 is 9.84 Å². The Kier molecular flexibility index (Phi) is 5.19. The fourth-order valence-corrected chi connectivity index (χ4v) is 3.32. The van der Waals surface area contributed by atoms with Crippen molar-refractivity contribution in [2.24, 2.45) is 5.92 Å². The second-order valence-corrected chi connectivity index (χ2v) is 5.78. The van der Waals surface area contributed by atoms with Crippen LogP contribution in [0.2, 0.25) is 0 Å². The molecule has 0 bridgehead atoms. The van der Waals surface area contributed by atoms with Gasteiger partial charge in [-0.3, -0.25) is 14.6 Å². The third-order valence-corrected chi connectivity index (χ3v) is 4.40. The van der Waals surface area contributed by atoms with Crippen LogP contribution in [0.3, 0.4) is 0 Å². The van der Waals surface area contributed by atoms with E-state index < -0.39 is 5.97 Å². The van der Waals surface area contributed by atoms with E-state index in [1.165, 1.54) is 0 Å². The highest BCUT2D eigenvalue weighted by molar-refractivity contribution is 5.74. The first-order chi connectivity index (χ1) is 9.11. The van der Waals surface area contributed by atoms with Crippen molar-refractivity contribution in [3.05, 3.63) is 0 Å². The molecule has 0 aromatic heterocycles. The fraction of sp³-hybridized carbons (Fsp3) is 0.929. The summed E-state index contributed by atoms with van der Waals surface area (Å²) < 4.78 is 5.80. The lowest BCUT2D eigenvalue weighted by Gasteiger charge is -2.41. The zero-order valence-corrected chi connectivity index (χ0v) is 12.0. The van der Waals surface area contributed by atoms with E-state index in [1.54, 1.807) is 0 Å². The van der Waals surface area contributed by atoms with Crippen molar-refractivity contribution >= 4 is 5.97 Å². The third kappa shape index (κ3) is 3.68. The van der Waals surface area contributed by atoms with Crippen molar-refractivity contribution < 1.29 is 14.6 Å². The number of hydrogen-bond acceptors (Lipinski definition) is 4. The molecule has 2 heterocycles. The average Bonchev–Trinajstić information content (AvgIpc) is 2.38. The monoisotopic (exact) mass is 270 g/mol. The minimum atomic E-state index is -0.685. The average molecular weight is 270 g/mol. The van der Waals surface area contributed by atoms with Gasteiger partial charge in [0.15, 0.2) is 0 Å². The molecule has 2 rings (SSSR count). The van der Waals surface area contributed by atoms with E-state index in [1.807, 2.05) is 6.92 Å². The molecule has 2 saturated heterocycles. The van der Waals surface area contributed by atoms with Crippen molar-refractivity contribution in [1.29, 1.82) is 0 Å². The maximum absolute atomic E-state index is 11.4. The van der Waals surface area contributed by atoms with E-state index in [4.69, 9.17) is 4.74 Å². The number of carbonyl (C=O) groups is 1. The lowest BCUT2D eigenvalue weighted by molar-refractivity contribution is -0.148. The number of aliphatic carboxylic acids is 1. The standard InChI is InChI=1S/C14H26N2O3/c1-3-15-7-8-19-12(9-15)10-16-6-4-5-11(2)13(16)14(17)18/h11-13H,3-10H2,1-2H3,(H,17,18). The van der Waals surface area contributed by atoms with Crippen molar-refractivity contribution in [3.8, 4) is 0 Å². The minimum Gasteiger partial charge on any atom is -0.480 e. The topological polar surface area (TPSA) is 53.0 Å². The zero-order chi connectivity index (χ0) is 13.8. The maximum atomic E-state index is 11.4. The summed E-state index contributed by atoms with van der Waals surface area (Å²) in [4.78, 5) is 15.9. The molecule has 2 aliphatic heterocycles. The van der Waals surface area contributed by atoms with Gasteiger partial charge in [-0.15, -0.1) is 0 Å². The van der Waals surface area contributed by atoms with Gasteiger partial charge in [0.25, 0.3) is 0 Å². The van der Waals surface area contributed by atoms with Crippen molar-refractivity contribution in [2.75, 3.05) is 39.3 Å². The van der Waals surface area contributed by atoms with Crippen LogP contribution in [0.25, 0.3) is 0 Å². The van der Waals surface area contributed by atoms with Crippen LogP contribution in [0, 0.1) is 5.92 Å².